The van der Waals surface area contributed by atoms with Crippen molar-refractivity contribution in [2.24, 2.45) is 13.0 Å². The summed E-state index contributed by atoms with van der Waals surface area (Å²) in [6, 6.07) is 7.91. The molecule has 2 heterocycles. The lowest BCUT2D eigenvalue weighted by Gasteiger charge is -2.43. The van der Waals surface area contributed by atoms with Crippen molar-refractivity contribution in [3.05, 3.63) is 30.5 Å². The number of fused-ring (bicyclic) bond motifs is 1. The molecule has 1 saturated heterocycles. The maximum atomic E-state index is 12.3. The molecule has 1 atom stereocenters. The summed E-state index contributed by atoms with van der Waals surface area (Å²) < 4.78 is 2.05. The van der Waals surface area contributed by atoms with E-state index in [1.165, 1.54) is 18.2 Å². The quantitative estimate of drug-likeness (QED) is 0.888. The standard InChI is InChI=1S/C20H30N4O/c1-15-6-5-10-24(13-15)20(2,3)14-21-19(25)22-17-8-7-16-9-11-23(4)18(16)12-17/h7-9,11-12,15H,5-6,10,13-14H2,1-4H3,(H2,21,22,25)/t15-/m1/s1. The minimum Gasteiger partial charge on any atom is -0.350 e. The molecular weight excluding hydrogens is 312 g/mol. The summed E-state index contributed by atoms with van der Waals surface area (Å²) in [6.45, 7) is 9.59. The van der Waals surface area contributed by atoms with Crippen molar-refractivity contribution < 1.29 is 4.79 Å². The number of carbonyl (C=O) groups excluding carboxylic acids is 1. The number of hydrogen-bond acceptors (Lipinski definition) is 2. The molecule has 1 aliphatic heterocycles. The molecular formula is C20H30N4O. The molecule has 25 heavy (non-hydrogen) atoms. The van der Waals surface area contributed by atoms with Gasteiger partial charge in [-0.3, -0.25) is 4.90 Å². The van der Waals surface area contributed by atoms with Crippen molar-refractivity contribution in [2.45, 2.75) is 39.2 Å². The first-order valence-electron chi connectivity index (χ1n) is 9.20. The summed E-state index contributed by atoms with van der Waals surface area (Å²) in [5.74, 6) is 0.735. The number of carbonyl (C=O) groups is 1. The molecule has 5 nitrogen and oxygen atoms in total. The zero-order chi connectivity index (χ0) is 18.0. The third kappa shape index (κ3) is 4.15. The van der Waals surface area contributed by atoms with Gasteiger partial charge in [0.05, 0.1) is 0 Å². The SMILES string of the molecule is C[C@@H]1CCCN(C(C)(C)CNC(=O)Nc2ccc3ccn(C)c3c2)C1. The Kier molecular flexibility index (Phi) is 5.04. The van der Waals surface area contributed by atoms with Crippen LogP contribution in [0, 0.1) is 5.92 Å². The van der Waals surface area contributed by atoms with E-state index in [0.717, 1.165) is 30.2 Å². The van der Waals surface area contributed by atoms with Crippen LogP contribution in [0.2, 0.25) is 0 Å². The number of hydrogen-bond donors (Lipinski definition) is 2. The molecule has 136 valence electrons. The summed E-state index contributed by atoms with van der Waals surface area (Å²) >= 11 is 0. The van der Waals surface area contributed by atoms with E-state index in [1.807, 2.05) is 31.4 Å². The summed E-state index contributed by atoms with van der Waals surface area (Å²) in [6.07, 6.45) is 4.58. The Morgan fingerprint density at radius 2 is 2.12 bits per heavy atom. The average Bonchev–Trinajstić information content (AvgIpc) is 2.94. The fourth-order valence-corrected chi connectivity index (χ4v) is 3.66. The molecule has 0 spiro atoms. The molecule has 1 aromatic heterocycles. The Labute approximate surface area is 150 Å². The van der Waals surface area contributed by atoms with Crippen LogP contribution in [-0.4, -0.2) is 40.7 Å². The number of urea groups is 1. The van der Waals surface area contributed by atoms with Gasteiger partial charge in [-0.05, 0) is 62.7 Å². The third-order valence-corrected chi connectivity index (χ3v) is 5.34. The predicted octanol–water partition coefficient (Wildman–Crippen LogP) is 3.81. The van der Waals surface area contributed by atoms with Gasteiger partial charge in [0.2, 0.25) is 0 Å². The molecule has 0 unspecified atom stereocenters. The number of piperidine rings is 1. The number of aryl methyl sites for hydroxylation is 1. The summed E-state index contributed by atoms with van der Waals surface area (Å²) in [4.78, 5) is 14.8. The highest BCUT2D eigenvalue weighted by Crippen LogP contribution is 2.23. The van der Waals surface area contributed by atoms with Gasteiger partial charge in [0.25, 0.3) is 0 Å². The first-order valence-corrected chi connectivity index (χ1v) is 9.20. The average molecular weight is 342 g/mol. The van der Waals surface area contributed by atoms with Crippen LogP contribution < -0.4 is 10.6 Å². The van der Waals surface area contributed by atoms with Crippen LogP contribution in [-0.2, 0) is 7.05 Å². The summed E-state index contributed by atoms with van der Waals surface area (Å²) in [7, 11) is 2.01. The van der Waals surface area contributed by atoms with Gasteiger partial charge in [0.1, 0.15) is 0 Å². The third-order valence-electron chi connectivity index (χ3n) is 5.34. The molecule has 1 aromatic carbocycles. The molecule has 5 heteroatoms. The zero-order valence-electron chi connectivity index (χ0n) is 15.8. The van der Waals surface area contributed by atoms with Crippen molar-refractivity contribution in [3.63, 3.8) is 0 Å². The number of aromatic nitrogens is 1. The van der Waals surface area contributed by atoms with Crippen molar-refractivity contribution in [2.75, 3.05) is 25.0 Å². The molecule has 0 aliphatic carbocycles. The van der Waals surface area contributed by atoms with E-state index < -0.39 is 0 Å². The van der Waals surface area contributed by atoms with Gasteiger partial charge in [-0.2, -0.15) is 0 Å². The molecule has 0 bridgehead atoms. The maximum absolute atomic E-state index is 12.3. The highest BCUT2D eigenvalue weighted by Gasteiger charge is 2.30. The molecule has 1 fully saturated rings. The van der Waals surface area contributed by atoms with Crippen molar-refractivity contribution >= 4 is 22.6 Å². The van der Waals surface area contributed by atoms with Crippen LogP contribution >= 0.6 is 0 Å². The number of nitrogens with one attached hydrogen (secondary N) is 2. The van der Waals surface area contributed by atoms with Gasteiger partial charge in [0.15, 0.2) is 0 Å². The second kappa shape index (κ2) is 7.08. The Bertz CT molecular complexity index is 749. The zero-order valence-corrected chi connectivity index (χ0v) is 15.8. The highest BCUT2D eigenvalue weighted by molar-refractivity contribution is 5.92. The van der Waals surface area contributed by atoms with Crippen LogP contribution in [0.5, 0.6) is 0 Å². The predicted molar refractivity (Wildman–Crippen MR) is 104 cm³/mol. The first-order chi connectivity index (χ1) is 11.8. The van der Waals surface area contributed by atoms with E-state index in [2.05, 4.69) is 46.9 Å². The lowest BCUT2D eigenvalue weighted by Crippen LogP contribution is -2.55. The minimum absolute atomic E-state index is 0.0336. The van der Waals surface area contributed by atoms with Crippen LogP contribution in [0.25, 0.3) is 10.9 Å². The van der Waals surface area contributed by atoms with Crippen molar-refractivity contribution in [3.8, 4) is 0 Å². The van der Waals surface area contributed by atoms with E-state index >= 15 is 0 Å². The molecule has 3 rings (SSSR count). The first kappa shape index (κ1) is 17.8. The second-order valence-electron chi connectivity index (χ2n) is 8.01. The van der Waals surface area contributed by atoms with Crippen LogP contribution in [0.1, 0.15) is 33.6 Å². The van der Waals surface area contributed by atoms with E-state index in [1.54, 1.807) is 0 Å². The van der Waals surface area contributed by atoms with Crippen LogP contribution in [0.3, 0.4) is 0 Å². The molecule has 1 aliphatic rings. The van der Waals surface area contributed by atoms with Gasteiger partial charge in [-0.15, -0.1) is 0 Å². The van der Waals surface area contributed by atoms with Gasteiger partial charge in [-0.25, -0.2) is 4.79 Å². The molecule has 0 radical (unpaired) electrons. The number of anilines is 1. The smallest absolute Gasteiger partial charge is 0.319 e. The molecule has 2 amide bonds. The molecule has 2 aromatic rings. The highest BCUT2D eigenvalue weighted by atomic mass is 16.2. The minimum atomic E-state index is -0.147. The lowest BCUT2D eigenvalue weighted by atomic mass is 9.93. The second-order valence-corrected chi connectivity index (χ2v) is 8.01. The number of benzene rings is 1. The van der Waals surface area contributed by atoms with E-state index in [9.17, 15) is 4.79 Å². The Balaban J connectivity index is 1.57. The number of amides is 2. The van der Waals surface area contributed by atoms with Gasteiger partial charge in [0, 0.05) is 43.1 Å². The molecule has 2 N–H and O–H groups in total. The largest absolute Gasteiger partial charge is 0.350 e. The number of likely N-dealkylation sites (tertiary alicyclic amines) is 1. The fraction of sp³-hybridized carbons (Fsp3) is 0.550. The number of nitrogens with zero attached hydrogens (tertiary/aromatic N) is 2. The van der Waals surface area contributed by atoms with Gasteiger partial charge < -0.3 is 15.2 Å². The molecule has 0 saturated carbocycles. The van der Waals surface area contributed by atoms with E-state index in [0.29, 0.717) is 6.54 Å². The topological polar surface area (TPSA) is 49.3 Å². The van der Waals surface area contributed by atoms with Gasteiger partial charge >= 0.3 is 6.03 Å². The Morgan fingerprint density at radius 3 is 2.88 bits per heavy atom. The number of rotatable bonds is 4. The monoisotopic (exact) mass is 342 g/mol. The Hall–Kier alpha value is -2.01. The van der Waals surface area contributed by atoms with Crippen LogP contribution in [0.15, 0.2) is 30.5 Å². The Morgan fingerprint density at radius 1 is 1.32 bits per heavy atom. The van der Waals surface area contributed by atoms with E-state index in [4.69, 9.17) is 0 Å². The van der Waals surface area contributed by atoms with Gasteiger partial charge in [-0.1, -0.05) is 13.0 Å². The van der Waals surface area contributed by atoms with Crippen molar-refractivity contribution in [1.29, 1.82) is 0 Å². The van der Waals surface area contributed by atoms with E-state index in [-0.39, 0.29) is 11.6 Å². The summed E-state index contributed by atoms with van der Waals surface area (Å²) in [5.41, 5.74) is 1.89. The van der Waals surface area contributed by atoms with Crippen LogP contribution in [0.4, 0.5) is 10.5 Å². The fourth-order valence-electron chi connectivity index (χ4n) is 3.66. The normalized spacial score (nSPS) is 19.1. The van der Waals surface area contributed by atoms with Crippen molar-refractivity contribution in [1.82, 2.24) is 14.8 Å². The maximum Gasteiger partial charge on any atom is 0.319 e. The lowest BCUT2D eigenvalue weighted by molar-refractivity contribution is 0.0728. The summed E-state index contributed by atoms with van der Waals surface area (Å²) in [5, 5.41) is 7.17.